The maximum Gasteiger partial charge on any atom is 0.308 e. The van der Waals surface area contributed by atoms with Crippen LogP contribution in [0, 0.1) is 18.8 Å². The van der Waals surface area contributed by atoms with Crippen LogP contribution < -0.4 is 0 Å². The Balaban J connectivity index is 1.75. The van der Waals surface area contributed by atoms with Crippen LogP contribution in [0.2, 0.25) is 0 Å². The zero-order valence-electron chi connectivity index (χ0n) is 11.8. The molecule has 3 heterocycles. The highest BCUT2D eigenvalue weighted by Crippen LogP contribution is 2.24. The van der Waals surface area contributed by atoms with Crippen LogP contribution in [0.4, 0.5) is 0 Å². The van der Waals surface area contributed by atoms with Gasteiger partial charge in [-0.05, 0) is 24.5 Å². The minimum atomic E-state index is -0.689. The molecule has 20 heavy (non-hydrogen) atoms. The van der Waals surface area contributed by atoms with E-state index in [0.717, 1.165) is 24.4 Å². The molecule has 0 bridgehead atoms. The number of aliphatic carboxylic acids is 1. The molecule has 3 rings (SSSR count). The molecule has 0 saturated carbocycles. The maximum absolute atomic E-state index is 11.1. The van der Waals surface area contributed by atoms with Gasteiger partial charge in [0.2, 0.25) is 0 Å². The number of likely N-dealkylation sites (tertiary alicyclic amines) is 1. The quantitative estimate of drug-likeness (QED) is 0.926. The van der Waals surface area contributed by atoms with Crippen LogP contribution in [0.3, 0.4) is 0 Å². The molecule has 1 saturated heterocycles. The number of nitrogens with zero attached hydrogens (tertiary/aromatic N) is 3. The summed E-state index contributed by atoms with van der Waals surface area (Å²) in [5, 5.41) is 9.17. The molecule has 5 heteroatoms. The second-order valence-corrected chi connectivity index (χ2v) is 5.82. The van der Waals surface area contributed by atoms with Crippen molar-refractivity contribution in [1.29, 1.82) is 0 Å². The summed E-state index contributed by atoms with van der Waals surface area (Å²) in [5.41, 5.74) is 3.13. The largest absolute Gasteiger partial charge is 0.481 e. The topological polar surface area (TPSA) is 57.8 Å². The van der Waals surface area contributed by atoms with Gasteiger partial charge in [-0.1, -0.05) is 13.0 Å². The summed E-state index contributed by atoms with van der Waals surface area (Å²) < 4.78 is 2.03. The van der Waals surface area contributed by atoms with E-state index in [1.807, 2.05) is 29.7 Å². The maximum atomic E-state index is 11.1. The van der Waals surface area contributed by atoms with Gasteiger partial charge >= 0.3 is 5.97 Å². The van der Waals surface area contributed by atoms with Gasteiger partial charge in [-0.25, -0.2) is 4.98 Å². The minimum absolute atomic E-state index is 0.201. The number of carboxylic acids is 1. The molecule has 106 valence electrons. The number of hydrogen-bond acceptors (Lipinski definition) is 3. The molecule has 1 aliphatic heterocycles. The second kappa shape index (κ2) is 4.90. The molecule has 2 atom stereocenters. The number of aryl methyl sites for hydroxylation is 1. The van der Waals surface area contributed by atoms with Crippen LogP contribution in [0.25, 0.3) is 5.65 Å². The van der Waals surface area contributed by atoms with Gasteiger partial charge in [-0.15, -0.1) is 0 Å². The number of imidazole rings is 1. The summed E-state index contributed by atoms with van der Waals surface area (Å²) in [5.74, 6) is -0.744. The van der Waals surface area contributed by atoms with Gasteiger partial charge in [0, 0.05) is 32.0 Å². The van der Waals surface area contributed by atoms with E-state index < -0.39 is 5.97 Å². The predicted octanol–water partition coefficient (Wildman–Crippen LogP) is 1.80. The summed E-state index contributed by atoms with van der Waals surface area (Å²) in [7, 11) is 0. The first kappa shape index (κ1) is 13.1. The molecule has 0 unspecified atom stereocenters. The number of carbonyl (C=O) groups is 1. The Bertz CT molecular complexity index is 650. The summed E-state index contributed by atoms with van der Waals surface area (Å²) in [4.78, 5) is 17.9. The number of hydrogen-bond donors (Lipinski definition) is 1. The number of carboxylic acid groups (broad SMARTS) is 1. The third-order valence-electron chi connectivity index (χ3n) is 4.04. The first-order valence-electron chi connectivity index (χ1n) is 6.92. The smallest absolute Gasteiger partial charge is 0.308 e. The van der Waals surface area contributed by atoms with Gasteiger partial charge < -0.3 is 9.51 Å². The number of fused-ring (bicyclic) bond motifs is 1. The third-order valence-corrected chi connectivity index (χ3v) is 4.04. The first-order valence-corrected chi connectivity index (χ1v) is 6.92. The van der Waals surface area contributed by atoms with Gasteiger partial charge in [0.1, 0.15) is 5.65 Å². The number of rotatable bonds is 3. The zero-order valence-corrected chi connectivity index (χ0v) is 11.8. The molecule has 2 aromatic heterocycles. The van der Waals surface area contributed by atoms with Crippen molar-refractivity contribution in [3.8, 4) is 0 Å². The monoisotopic (exact) mass is 273 g/mol. The average molecular weight is 273 g/mol. The predicted molar refractivity (Wildman–Crippen MR) is 75.5 cm³/mol. The minimum Gasteiger partial charge on any atom is -0.481 e. The highest BCUT2D eigenvalue weighted by Gasteiger charge is 2.34. The molecule has 0 radical (unpaired) electrons. The van der Waals surface area contributed by atoms with Gasteiger partial charge in [0.15, 0.2) is 0 Å². The van der Waals surface area contributed by atoms with E-state index in [0.29, 0.717) is 6.54 Å². The van der Waals surface area contributed by atoms with Gasteiger partial charge in [-0.2, -0.15) is 0 Å². The zero-order chi connectivity index (χ0) is 14.3. The van der Waals surface area contributed by atoms with Crippen LogP contribution in [0.15, 0.2) is 24.5 Å². The van der Waals surface area contributed by atoms with Crippen LogP contribution >= 0.6 is 0 Å². The van der Waals surface area contributed by atoms with Crippen LogP contribution in [0.1, 0.15) is 18.2 Å². The van der Waals surface area contributed by atoms with Crippen molar-refractivity contribution in [2.45, 2.75) is 20.4 Å². The number of aromatic nitrogens is 2. The third kappa shape index (κ3) is 2.41. The van der Waals surface area contributed by atoms with Gasteiger partial charge in [0.25, 0.3) is 0 Å². The van der Waals surface area contributed by atoms with Crippen molar-refractivity contribution in [3.63, 3.8) is 0 Å². The first-order chi connectivity index (χ1) is 9.52. The Kier molecular flexibility index (Phi) is 3.22. The lowest BCUT2D eigenvalue weighted by atomic mass is 9.99. The molecular formula is C15H19N3O2. The normalized spacial score (nSPS) is 23.5. The molecule has 0 aliphatic carbocycles. The van der Waals surface area contributed by atoms with Crippen LogP contribution in [-0.2, 0) is 11.3 Å². The Morgan fingerprint density at radius 2 is 2.20 bits per heavy atom. The summed E-state index contributed by atoms with van der Waals surface area (Å²) in [6, 6.07) is 4.05. The van der Waals surface area contributed by atoms with Gasteiger partial charge in [0.05, 0.1) is 11.6 Å². The van der Waals surface area contributed by atoms with Gasteiger partial charge in [-0.3, -0.25) is 9.69 Å². The van der Waals surface area contributed by atoms with Crippen molar-refractivity contribution in [2.24, 2.45) is 11.8 Å². The van der Waals surface area contributed by atoms with Crippen molar-refractivity contribution < 1.29 is 9.90 Å². The van der Waals surface area contributed by atoms with Crippen molar-refractivity contribution in [1.82, 2.24) is 14.3 Å². The summed E-state index contributed by atoms with van der Waals surface area (Å²) in [6.45, 7) is 6.21. The molecule has 2 aromatic rings. The lowest BCUT2D eigenvalue weighted by Crippen LogP contribution is -2.23. The molecule has 5 nitrogen and oxygen atoms in total. The highest BCUT2D eigenvalue weighted by atomic mass is 16.4. The van der Waals surface area contributed by atoms with E-state index in [2.05, 4.69) is 23.0 Å². The Hall–Kier alpha value is -1.88. The Labute approximate surface area is 117 Å². The van der Waals surface area contributed by atoms with E-state index in [-0.39, 0.29) is 11.8 Å². The molecule has 0 spiro atoms. The van der Waals surface area contributed by atoms with Crippen molar-refractivity contribution in [3.05, 3.63) is 35.8 Å². The molecular weight excluding hydrogens is 254 g/mol. The second-order valence-electron chi connectivity index (χ2n) is 5.82. The molecule has 0 aromatic carbocycles. The van der Waals surface area contributed by atoms with Crippen LogP contribution in [0.5, 0.6) is 0 Å². The van der Waals surface area contributed by atoms with Crippen LogP contribution in [-0.4, -0.2) is 38.4 Å². The van der Waals surface area contributed by atoms with Crippen molar-refractivity contribution in [2.75, 3.05) is 13.1 Å². The van der Waals surface area contributed by atoms with E-state index in [4.69, 9.17) is 5.11 Å². The summed E-state index contributed by atoms with van der Waals surface area (Å²) >= 11 is 0. The molecule has 0 amide bonds. The SMILES string of the molecule is Cc1ccc2nc(CN3C[C@@H](C)[C@H](C(=O)O)C3)cn2c1. The lowest BCUT2D eigenvalue weighted by Gasteiger charge is -2.12. The Morgan fingerprint density at radius 3 is 2.90 bits per heavy atom. The molecule has 1 aliphatic rings. The van der Waals surface area contributed by atoms with E-state index in [9.17, 15) is 4.79 Å². The van der Waals surface area contributed by atoms with E-state index in [1.165, 1.54) is 5.56 Å². The number of pyridine rings is 1. The highest BCUT2D eigenvalue weighted by molar-refractivity contribution is 5.71. The molecule has 1 fully saturated rings. The lowest BCUT2D eigenvalue weighted by molar-refractivity contribution is -0.142. The standard InChI is InChI=1S/C15H19N3O2/c1-10-3-4-14-16-12(8-18(14)5-10)7-17-6-11(2)13(9-17)15(19)20/h3-5,8,11,13H,6-7,9H2,1-2H3,(H,19,20)/t11-,13-/m1/s1. The fraction of sp³-hybridized carbons (Fsp3) is 0.467. The fourth-order valence-corrected chi connectivity index (χ4v) is 2.98. The molecule has 1 N–H and O–H groups in total. The Morgan fingerprint density at radius 1 is 1.40 bits per heavy atom. The summed E-state index contributed by atoms with van der Waals surface area (Å²) in [6.07, 6.45) is 4.08. The van der Waals surface area contributed by atoms with Crippen molar-refractivity contribution >= 4 is 11.6 Å². The van der Waals surface area contributed by atoms with E-state index >= 15 is 0 Å². The average Bonchev–Trinajstić information content (AvgIpc) is 2.92. The fourth-order valence-electron chi connectivity index (χ4n) is 2.98. The van der Waals surface area contributed by atoms with E-state index in [1.54, 1.807) is 0 Å².